The van der Waals surface area contributed by atoms with Crippen LogP contribution in [0.2, 0.25) is 0 Å². The van der Waals surface area contributed by atoms with Gasteiger partial charge in [-0.05, 0) is 45.7 Å². The predicted octanol–water partition coefficient (Wildman–Crippen LogP) is 3.48. The number of alkyl carbamates (subject to hydrolysis) is 1. The van der Waals surface area contributed by atoms with Crippen LogP contribution in [0, 0.1) is 6.92 Å². The molecule has 1 aliphatic rings. The summed E-state index contributed by atoms with van der Waals surface area (Å²) in [5.74, 6) is 0. The number of fused-ring (bicyclic) bond motifs is 1. The Kier molecular flexibility index (Phi) is 4.04. The number of amides is 1. The topological polar surface area (TPSA) is 47.6 Å². The zero-order valence-corrected chi connectivity index (χ0v) is 12.8. The highest BCUT2D eigenvalue weighted by Crippen LogP contribution is 2.30. The second kappa shape index (κ2) is 5.44. The smallest absolute Gasteiger partial charge is 0.408 e. The van der Waals surface area contributed by atoms with Crippen LogP contribution in [-0.4, -0.2) is 17.8 Å². The van der Waals surface area contributed by atoms with Gasteiger partial charge >= 0.3 is 6.09 Å². The van der Waals surface area contributed by atoms with Gasteiger partial charge in [0, 0.05) is 0 Å². The van der Waals surface area contributed by atoms with Gasteiger partial charge in [-0.3, -0.25) is 0 Å². The van der Waals surface area contributed by atoms with E-state index in [1.54, 1.807) is 0 Å². The van der Waals surface area contributed by atoms with Crippen molar-refractivity contribution < 1.29 is 14.3 Å². The minimum atomic E-state index is -0.502. The molecule has 2 rings (SSSR count). The maximum absolute atomic E-state index is 12.0. The molecule has 1 amide bonds. The molecule has 110 valence electrons. The van der Waals surface area contributed by atoms with Gasteiger partial charge in [-0.1, -0.05) is 23.8 Å². The minimum absolute atomic E-state index is 0.0724. The third-order valence-corrected chi connectivity index (χ3v) is 3.28. The molecule has 0 aliphatic carbocycles. The van der Waals surface area contributed by atoms with E-state index < -0.39 is 11.7 Å². The van der Waals surface area contributed by atoms with E-state index in [9.17, 15) is 4.79 Å². The van der Waals surface area contributed by atoms with Crippen molar-refractivity contribution in [3.63, 3.8) is 0 Å². The third kappa shape index (κ3) is 3.51. The Hall–Kier alpha value is -1.55. The van der Waals surface area contributed by atoms with Gasteiger partial charge in [0.2, 0.25) is 0 Å². The van der Waals surface area contributed by atoms with Gasteiger partial charge in [0.05, 0.1) is 18.8 Å². The molecule has 0 bridgehead atoms. The number of benzene rings is 1. The van der Waals surface area contributed by atoms with Crippen molar-refractivity contribution in [2.75, 3.05) is 0 Å². The highest BCUT2D eigenvalue weighted by atomic mass is 16.6. The molecule has 1 aliphatic heterocycles. The fraction of sp³-hybridized carbons (Fsp3) is 0.562. The van der Waals surface area contributed by atoms with Crippen LogP contribution >= 0.6 is 0 Å². The van der Waals surface area contributed by atoms with Crippen molar-refractivity contribution >= 4 is 6.09 Å². The van der Waals surface area contributed by atoms with Crippen LogP contribution in [0.4, 0.5) is 4.79 Å². The summed E-state index contributed by atoms with van der Waals surface area (Å²) in [6, 6.07) is 6.05. The molecule has 0 unspecified atom stereocenters. The van der Waals surface area contributed by atoms with Crippen molar-refractivity contribution in [3.8, 4) is 0 Å². The van der Waals surface area contributed by atoms with E-state index in [0.717, 1.165) is 11.1 Å². The van der Waals surface area contributed by atoms with Crippen molar-refractivity contribution in [2.45, 2.75) is 59.0 Å². The first-order chi connectivity index (χ1) is 9.26. The summed E-state index contributed by atoms with van der Waals surface area (Å²) in [5.41, 5.74) is 2.91. The molecule has 0 aromatic heterocycles. The number of hydrogen-bond acceptors (Lipinski definition) is 3. The van der Waals surface area contributed by atoms with Crippen LogP contribution in [0.1, 0.15) is 50.4 Å². The lowest BCUT2D eigenvalue weighted by Crippen LogP contribution is -2.41. The van der Waals surface area contributed by atoms with Gasteiger partial charge in [0.15, 0.2) is 0 Å². The van der Waals surface area contributed by atoms with Crippen LogP contribution < -0.4 is 5.32 Å². The van der Waals surface area contributed by atoms with Crippen molar-refractivity contribution in [3.05, 3.63) is 34.9 Å². The van der Waals surface area contributed by atoms with Crippen LogP contribution in [0.25, 0.3) is 0 Å². The molecule has 1 aromatic carbocycles. The van der Waals surface area contributed by atoms with Gasteiger partial charge in [-0.25, -0.2) is 4.79 Å². The molecule has 0 fully saturated rings. The summed E-state index contributed by atoms with van der Waals surface area (Å²) >= 11 is 0. The normalized spacial score (nSPS) is 22.1. The minimum Gasteiger partial charge on any atom is -0.444 e. The van der Waals surface area contributed by atoms with E-state index in [1.807, 2.05) is 34.6 Å². The van der Waals surface area contributed by atoms with E-state index in [2.05, 4.69) is 23.5 Å². The molecule has 0 saturated heterocycles. The lowest BCUT2D eigenvalue weighted by molar-refractivity contribution is 0.00252. The maximum Gasteiger partial charge on any atom is 0.408 e. The zero-order valence-electron chi connectivity index (χ0n) is 12.8. The molecule has 4 heteroatoms. The fourth-order valence-corrected chi connectivity index (χ4v) is 2.34. The Morgan fingerprint density at radius 1 is 1.40 bits per heavy atom. The second-order valence-corrected chi connectivity index (χ2v) is 6.34. The maximum atomic E-state index is 12.0. The lowest BCUT2D eigenvalue weighted by Gasteiger charge is -2.33. The second-order valence-electron chi connectivity index (χ2n) is 6.34. The first-order valence-corrected chi connectivity index (χ1v) is 6.97. The van der Waals surface area contributed by atoms with Gasteiger partial charge < -0.3 is 14.8 Å². The number of aryl methyl sites for hydroxylation is 1. The molecule has 0 radical (unpaired) electrons. The Morgan fingerprint density at radius 3 is 2.75 bits per heavy atom. The van der Waals surface area contributed by atoms with Gasteiger partial charge in [-0.15, -0.1) is 0 Å². The number of hydrogen-bond donors (Lipinski definition) is 1. The molecule has 4 nitrogen and oxygen atoms in total. The number of carbonyl (C=O) groups is 1. The van der Waals surface area contributed by atoms with Crippen molar-refractivity contribution in [1.82, 2.24) is 5.32 Å². The average molecular weight is 277 g/mol. The number of ether oxygens (including phenoxy) is 2. The molecule has 20 heavy (non-hydrogen) atoms. The number of rotatable bonds is 1. The third-order valence-electron chi connectivity index (χ3n) is 3.28. The highest BCUT2D eigenvalue weighted by molar-refractivity contribution is 5.68. The summed E-state index contributed by atoms with van der Waals surface area (Å²) in [7, 11) is 0. The monoisotopic (exact) mass is 277 g/mol. The van der Waals surface area contributed by atoms with Gasteiger partial charge in [0.1, 0.15) is 5.60 Å². The first-order valence-electron chi connectivity index (χ1n) is 6.97. The van der Waals surface area contributed by atoms with Crippen molar-refractivity contribution in [1.29, 1.82) is 0 Å². The summed E-state index contributed by atoms with van der Waals surface area (Å²) in [4.78, 5) is 12.0. The summed E-state index contributed by atoms with van der Waals surface area (Å²) in [5, 5.41) is 2.92. The van der Waals surface area contributed by atoms with Gasteiger partial charge in [0.25, 0.3) is 0 Å². The predicted molar refractivity (Wildman–Crippen MR) is 77.5 cm³/mol. The van der Waals surface area contributed by atoms with Crippen LogP contribution in [0.3, 0.4) is 0 Å². The molecule has 0 saturated carbocycles. The number of nitrogens with one attached hydrogen (secondary N) is 1. The lowest BCUT2D eigenvalue weighted by atomic mass is 9.93. The molecular formula is C16H23NO3. The summed E-state index contributed by atoms with van der Waals surface area (Å²) in [6.07, 6.45) is -0.482. The van der Waals surface area contributed by atoms with Crippen LogP contribution in [-0.2, 0) is 16.1 Å². The molecule has 1 N–H and O–H groups in total. The molecule has 1 heterocycles. The van der Waals surface area contributed by atoms with Gasteiger partial charge in [-0.2, -0.15) is 0 Å². The fourth-order valence-electron chi connectivity index (χ4n) is 2.34. The molecule has 0 spiro atoms. The SMILES string of the molecule is Cc1ccc2c(c1)[C@@H](NC(=O)OC(C)(C)C)[C@@H](C)OC2. The van der Waals surface area contributed by atoms with E-state index in [1.165, 1.54) is 5.56 Å². The number of carbonyl (C=O) groups excluding carboxylic acids is 1. The molecular weight excluding hydrogens is 254 g/mol. The molecule has 2 atom stereocenters. The molecule has 1 aromatic rings. The van der Waals surface area contributed by atoms with Crippen LogP contribution in [0.15, 0.2) is 18.2 Å². The van der Waals surface area contributed by atoms with E-state index in [-0.39, 0.29) is 12.1 Å². The van der Waals surface area contributed by atoms with E-state index in [4.69, 9.17) is 9.47 Å². The Morgan fingerprint density at radius 2 is 2.10 bits per heavy atom. The Balaban J connectivity index is 2.19. The van der Waals surface area contributed by atoms with E-state index in [0.29, 0.717) is 6.61 Å². The largest absolute Gasteiger partial charge is 0.444 e. The van der Waals surface area contributed by atoms with Crippen molar-refractivity contribution in [2.24, 2.45) is 0 Å². The quantitative estimate of drug-likeness (QED) is 0.855. The van der Waals surface area contributed by atoms with E-state index >= 15 is 0 Å². The first kappa shape index (κ1) is 14.9. The summed E-state index contributed by atoms with van der Waals surface area (Å²) in [6.45, 7) is 10.2. The standard InChI is InChI=1S/C16H23NO3/c1-10-6-7-12-9-19-11(2)14(13(12)8-10)17-15(18)20-16(3,4)5/h6-8,11,14H,9H2,1-5H3,(H,17,18)/t11-,14+/m1/s1. The Bertz CT molecular complexity index is 505. The summed E-state index contributed by atoms with van der Waals surface area (Å²) < 4.78 is 11.0. The van der Waals surface area contributed by atoms with Crippen LogP contribution in [0.5, 0.6) is 0 Å². The zero-order chi connectivity index (χ0) is 14.9. The Labute approximate surface area is 120 Å². The highest BCUT2D eigenvalue weighted by Gasteiger charge is 2.30. The average Bonchev–Trinajstić information content (AvgIpc) is 2.31.